The zero-order chi connectivity index (χ0) is 35.1. The molecular weight excluding hydrogens is 653 g/mol. The number of nitrogens with one attached hydrogen (secondary N) is 1. The fourth-order valence-corrected chi connectivity index (χ4v) is 8.90. The van der Waals surface area contributed by atoms with Gasteiger partial charge < -0.3 is 24.8 Å². The standard InChI is InChI=1S/C35H39F3N8O4/c1-3-23-29(44-9-10-45(25-8-7-24(25)44)33(50)28-30(48)18(2)40-17-41-28)31(49)27-32(39-15-21(42-27)11-19-5-4-6-19)46(23)16-26(47)43-34-12-20(13-34)22(14-34)35(36,37)38/h11,15,17,20,22,24-25,48H,3-10,12-14,16H2,1-2H3,(H,43,47)/t20?,22?,24-,25-,34?/m1/s1. The van der Waals surface area contributed by atoms with Gasteiger partial charge in [0.15, 0.2) is 22.6 Å². The van der Waals surface area contributed by atoms with Crippen molar-refractivity contribution in [1.29, 1.82) is 0 Å². The number of carbonyl (C=O) groups is 2. The number of pyridine rings is 1. The Morgan fingerprint density at radius 1 is 1.10 bits per heavy atom. The molecule has 1 saturated heterocycles. The Labute approximate surface area is 285 Å². The summed E-state index contributed by atoms with van der Waals surface area (Å²) in [7, 11) is 0. The number of carbonyl (C=O) groups excluding carboxylic acids is 2. The number of hydrogen-bond donors (Lipinski definition) is 2. The smallest absolute Gasteiger partial charge is 0.392 e. The molecule has 1 unspecified atom stereocenters. The lowest BCUT2D eigenvalue weighted by Crippen LogP contribution is -2.67. The number of aromatic nitrogens is 5. The van der Waals surface area contributed by atoms with Crippen molar-refractivity contribution in [3.63, 3.8) is 0 Å². The lowest BCUT2D eigenvalue weighted by atomic mass is 9.76. The monoisotopic (exact) mass is 692 g/mol. The van der Waals surface area contributed by atoms with Crippen molar-refractivity contribution in [2.75, 3.05) is 18.0 Å². The van der Waals surface area contributed by atoms with Crippen LogP contribution in [0, 0.1) is 18.8 Å². The van der Waals surface area contributed by atoms with Gasteiger partial charge in [-0.1, -0.05) is 12.5 Å². The SMILES string of the molecule is CCc1c(N2CCN(C(=O)c3ncnc(C)c3O)[C@@H]3CC[C@H]32)c(=O)c2nc(C=C3CCC3)cnc2n1CC(=O)NC12CC(C1)C(C(F)(F)F)C2. The maximum absolute atomic E-state index is 14.5. The van der Waals surface area contributed by atoms with Crippen molar-refractivity contribution < 1.29 is 27.9 Å². The fourth-order valence-electron chi connectivity index (χ4n) is 8.90. The Hall–Kier alpha value is -4.56. The first-order chi connectivity index (χ1) is 23.9. The number of rotatable bonds is 7. The van der Waals surface area contributed by atoms with Gasteiger partial charge in [-0.15, -0.1) is 0 Å². The Morgan fingerprint density at radius 2 is 1.86 bits per heavy atom. The highest BCUT2D eigenvalue weighted by molar-refractivity contribution is 5.95. The molecule has 50 heavy (non-hydrogen) atoms. The van der Waals surface area contributed by atoms with Crippen LogP contribution in [0.1, 0.15) is 85.9 Å². The summed E-state index contributed by atoms with van der Waals surface area (Å²) >= 11 is 0. The van der Waals surface area contributed by atoms with Gasteiger partial charge in [-0.3, -0.25) is 14.4 Å². The zero-order valence-corrected chi connectivity index (χ0v) is 28.0. The lowest BCUT2D eigenvalue weighted by molar-refractivity contribution is -0.180. The van der Waals surface area contributed by atoms with E-state index in [0.717, 1.165) is 19.3 Å². The third kappa shape index (κ3) is 5.22. The molecule has 1 aliphatic heterocycles. The number of aromatic hydroxyl groups is 1. The van der Waals surface area contributed by atoms with E-state index in [0.29, 0.717) is 61.4 Å². The van der Waals surface area contributed by atoms with E-state index in [9.17, 15) is 32.7 Å². The maximum atomic E-state index is 14.5. The van der Waals surface area contributed by atoms with Gasteiger partial charge in [0, 0.05) is 30.4 Å². The van der Waals surface area contributed by atoms with Crippen LogP contribution in [0.5, 0.6) is 5.75 Å². The Balaban J connectivity index is 1.15. The van der Waals surface area contributed by atoms with E-state index in [2.05, 4.69) is 20.3 Å². The molecule has 2 N–H and O–H groups in total. The van der Waals surface area contributed by atoms with Gasteiger partial charge in [-0.25, -0.2) is 19.9 Å². The number of amides is 2. The molecule has 5 aliphatic carbocycles. The number of fused-ring (bicyclic) bond motifs is 3. The summed E-state index contributed by atoms with van der Waals surface area (Å²) in [5, 5.41) is 13.5. The molecule has 12 nitrogen and oxygen atoms in total. The quantitative estimate of drug-likeness (QED) is 0.374. The number of halogens is 3. The van der Waals surface area contributed by atoms with Crippen LogP contribution in [-0.4, -0.2) is 83.2 Å². The molecule has 3 atom stereocenters. The predicted molar refractivity (Wildman–Crippen MR) is 176 cm³/mol. The maximum Gasteiger partial charge on any atom is 0.392 e. The van der Waals surface area contributed by atoms with Gasteiger partial charge in [0.05, 0.1) is 29.5 Å². The van der Waals surface area contributed by atoms with E-state index in [-0.39, 0.29) is 59.6 Å². The minimum absolute atomic E-state index is 0.0608. The van der Waals surface area contributed by atoms with Crippen LogP contribution in [0.3, 0.4) is 0 Å². The third-order valence-electron chi connectivity index (χ3n) is 11.7. The Bertz CT molecular complexity index is 2000. The molecule has 3 aromatic heterocycles. The summed E-state index contributed by atoms with van der Waals surface area (Å²) < 4.78 is 42.5. The van der Waals surface area contributed by atoms with E-state index in [1.54, 1.807) is 22.6 Å². The molecule has 4 heterocycles. The van der Waals surface area contributed by atoms with Crippen molar-refractivity contribution in [3.8, 4) is 5.75 Å². The second kappa shape index (κ2) is 11.8. The van der Waals surface area contributed by atoms with Crippen LogP contribution in [0.25, 0.3) is 17.2 Å². The third-order valence-corrected chi connectivity index (χ3v) is 11.7. The first kappa shape index (κ1) is 32.6. The highest BCUT2D eigenvalue weighted by atomic mass is 19.4. The summed E-state index contributed by atoms with van der Waals surface area (Å²) in [6.45, 7) is 3.84. The number of alkyl halides is 3. The Kier molecular flexibility index (Phi) is 7.68. The summed E-state index contributed by atoms with van der Waals surface area (Å²) in [4.78, 5) is 63.0. The van der Waals surface area contributed by atoms with Gasteiger partial charge in [0.1, 0.15) is 18.6 Å². The Morgan fingerprint density at radius 3 is 2.50 bits per heavy atom. The van der Waals surface area contributed by atoms with Crippen LogP contribution in [0.15, 0.2) is 22.9 Å². The lowest BCUT2D eigenvalue weighted by Gasteiger charge is -2.54. The molecule has 6 aliphatic rings. The van der Waals surface area contributed by atoms with Crippen LogP contribution in [0.4, 0.5) is 18.9 Å². The second-order valence-electron chi connectivity index (χ2n) is 14.6. The minimum Gasteiger partial charge on any atom is -0.504 e. The van der Waals surface area contributed by atoms with Crippen molar-refractivity contribution >= 4 is 34.7 Å². The van der Waals surface area contributed by atoms with Gasteiger partial charge in [-0.05, 0) is 76.7 Å². The average molecular weight is 693 g/mol. The molecule has 0 spiro atoms. The molecular formula is C35H39F3N8O4. The topological polar surface area (TPSA) is 146 Å². The number of hydrogen-bond acceptors (Lipinski definition) is 9. The molecule has 2 bridgehead atoms. The van der Waals surface area contributed by atoms with E-state index in [4.69, 9.17) is 4.98 Å². The fraction of sp³-hybridized carbons (Fsp3) is 0.571. The summed E-state index contributed by atoms with van der Waals surface area (Å²) in [6.07, 6.45) is 5.77. The minimum atomic E-state index is -4.29. The average Bonchev–Trinajstić information content (AvgIpc) is 3.58. The molecule has 0 radical (unpaired) electrons. The molecule has 264 valence electrons. The molecule has 5 saturated carbocycles. The molecule has 9 rings (SSSR count). The highest BCUT2D eigenvalue weighted by Gasteiger charge is 2.64. The van der Waals surface area contributed by atoms with Crippen LogP contribution in [-0.2, 0) is 17.8 Å². The molecule has 15 heteroatoms. The van der Waals surface area contributed by atoms with E-state index >= 15 is 0 Å². The summed E-state index contributed by atoms with van der Waals surface area (Å²) in [6, 6.07) is -0.440. The van der Waals surface area contributed by atoms with Gasteiger partial charge >= 0.3 is 6.18 Å². The van der Waals surface area contributed by atoms with Crippen molar-refractivity contribution in [2.45, 2.75) is 102 Å². The van der Waals surface area contributed by atoms with Crippen LogP contribution < -0.4 is 15.6 Å². The number of anilines is 1. The number of nitrogens with zero attached hydrogens (tertiary/aromatic N) is 7. The normalized spacial score (nSPS) is 26.9. The molecule has 3 aromatic rings. The van der Waals surface area contributed by atoms with Crippen LogP contribution >= 0.6 is 0 Å². The van der Waals surface area contributed by atoms with Gasteiger partial charge in [0.2, 0.25) is 11.3 Å². The number of aryl methyl sites for hydroxylation is 1. The van der Waals surface area contributed by atoms with Crippen molar-refractivity contribution in [3.05, 3.63) is 51.1 Å². The molecule has 2 amide bonds. The summed E-state index contributed by atoms with van der Waals surface area (Å²) in [5.41, 5.74) is 2.18. The predicted octanol–water partition coefficient (Wildman–Crippen LogP) is 4.07. The number of allylic oxidation sites excluding steroid dienone is 1. The number of piperazine rings is 1. The zero-order valence-electron chi connectivity index (χ0n) is 28.0. The largest absolute Gasteiger partial charge is 0.504 e. The van der Waals surface area contributed by atoms with Gasteiger partial charge in [0.25, 0.3) is 5.91 Å². The van der Waals surface area contributed by atoms with Crippen LogP contribution in [0.2, 0.25) is 0 Å². The first-order valence-electron chi connectivity index (χ1n) is 17.4. The van der Waals surface area contributed by atoms with E-state index < -0.39 is 35.4 Å². The molecule has 0 aromatic carbocycles. The van der Waals surface area contributed by atoms with E-state index in [1.807, 2.05) is 17.9 Å². The first-order valence-corrected chi connectivity index (χ1v) is 17.4. The summed E-state index contributed by atoms with van der Waals surface area (Å²) in [5.74, 6) is -2.97. The second-order valence-corrected chi connectivity index (χ2v) is 14.6. The van der Waals surface area contributed by atoms with Crippen molar-refractivity contribution in [2.24, 2.45) is 11.8 Å². The highest BCUT2D eigenvalue weighted by Crippen LogP contribution is 2.60. The molecule has 6 fully saturated rings. The van der Waals surface area contributed by atoms with Crippen molar-refractivity contribution in [1.82, 2.24) is 34.7 Å². The van der Waals surface area contributed by atoms with E-state index in [1.165, 1.54) is 11.9 Å². The van der Waals surface area contributed by atoms with Gasteiger partial charge in [-0.2, -0.15) is 13.2 Å².